The zero-order valence-electron chi connectivity index (χ0n) is 38.5. The Kier molecular flexibility index (Phi) is 19.4. The molecule has 1 amide bonds. The standard InChI is InChI=1S/C44H80N2O14/c1-15-17-30-36(59-33-22-43(11,54-14)38(50)29(9)57-33)28(8)40(51)58-32(16-2)44(12,53)37(49)27(7)35(55-19-18-45-23-47)25(5)21-42(10,52)39(30)60-41-34(48)31(20-26(6)56-41)46(13)24(3)4/h15,23-39,41,48-50,52-53H,1,16-22H2,2-14H3,(H,45,47)/t25-,26-,27+,28-,29+,30+,31+,32-,33+,34-,35+,36?,37-,38+,39-,41+,42-,43-,44-/m1/s1. The molecular weight excluding hydrogens is 780 g/mol. The van der Waals surface area contributed by atoms with E-state index in [-0.39, 0.29) is 57.0 Å². The summed E-state index contributed by atoms with van der Waals surface area (Å²) in [6.07, 6.45) is -8.17. The third-order valence-corrected chi connectivity index (χ3v) is 13.6. The number of carbonyl (C=O) groups is 2. The summed E-state index contributed by atoms with van der Waals surface area (Å²) >= 11 is 0. The Morgan fingerprint density at radius 2 is 1.65 bits per heavy atom. The number of esters is 1. The van der Waals surface area contributed by atoms with E-state index in [2.05, 4.69) is 16.8 Å². The molecule has 350 valence electrons. The Morgan fingerprint density at radius 1 is 1.00 bits per heavy atom. The van der Waals surface area contributed by atoms with E-state index in [4.69, 9.17) is 33.2 Å². The van der Waals surface area contributed by atoms with E-state index in [0.717, 1.165) is 0 Å². The van der Waals surface area contributed by atoms with E-state index in [9.17, 15) is 35.1 Å². The van der Waals surface area contributed by atoms with Gasteiger partial charge in [0, 0.05) is 44.0 Å². The van der Waals surface area contributed by atoms with Crippen molar-refractivity contribution in [2.24, 2.45) is 23.7 Å². The van der Waals surface area contributed by atoms with Crippen LogP contribution >= 0.6 is 0 Å². The lowest BCUT2D eigenvalue weighted by atomic mass is 9.72. The molecule has 0 aliphatic carbocycles. The number of rotatable bonds is 15. The largest absolute Gasteiger partial charge is 0.459 e. The normalized spacial score (nSPS) is 45.2. The molecule has 60 heavy (non-hydrogen) atoms. The molecule has 0 radical (unpaired) electrons. The van der Waals surface area contributed by atoms with Crippen LogP contribution in [-0.4, -0.2) is 167 Å². The molecule has 1 unspecified atom stereocenters. The number of cyclic esters (lactones) is 1. The summed E-state index contributed by atoms with van der Waals surface area (Å²) < 4.78 is 44.6. The fourth-order valence-electron chi connectivity index (χ4n) is 9.69. The molecule has 3 fully saturated rings. The molecule has 3 aliphatic rings. The predicted octanol–water partition coefficient (Wildman–Crippen LogP) is 2.68. The molecule has 3 heterocycles. The topological polar surface area (TPSA) is 215 Å². The molecule has 0 aromatic carbocycles. The van der Waals surface area contributed by atoms with Gasteiger partial charge in [0.15, 0.2) is 12.6 Å². The van der Waals surface area contributed by atoms with Crippen molar-refractivity contribution in [2.75, 3.05) is 27.3 Å². The van der Waals surface area contributed by atoms with Crippen LogP contribution in [0.1, 0.15) is 108 Å². The van der Waals surface area contributed by atoms with Crippen molar-refractivity contribution in [2.45, 2.75) is 205 Å². The average Bonchev–Trinajstić information content (AvgIpc) is 3.18. The van der Waals surface area contributed by atoms with Crippen LogP contribution in [0.5, 0.6) is 0 Å². The minimum atomic E-state index is -1.95. The van der Waals surface area contributed by atoms with Crippen LogP contribution in [0.15, 0.2) is 12.7 Å². The van der Waals surface area contributed by atoms with Crippen LogP contribution in [0, 0.1) is 23.7 Å². The van der Waals surface area contributed by atoms with E-state index in [1.807, 2.05) is 34.7 Å². The van der Waals surface area contributed by atoms with Gasteiger partial charge in [-0.1, -0.05) is 26.8 Å². The number of allylic oxidation sites excluding steroid dienone is 1. The Bertz CT molecular complexity index is 1350. The zero-order valence-corrected chi connectivity index (χ0v) is 38.5. The molecule has 3 aliphatic heterocycles. The minimum Gasteiger partial charge on any atom is -0.459 e. The first-order valence-electron chi connectivity index (χ1n) is 21.9. The number of amides is 1. The van der Waals surface area contributed by atoms with Crippen LogP contribution in [-0.2, 0) is 42.7 Å². The molecule has 0 aromatic rings. The molecule has 19 atom stereocenters. The number of ether oxygens (including phenoxy) is 7. The van der Waals surface area contributed by atoms with Crippen molar-refractivity contribution in [3.63, 3.8) is 0 Å². The Balaban J connectivity index is 2.31. The first-order valence-corrected chi connectivity index (χ1v) is 21.9. The van der Waals surface area contributed by atoms with Gasteiger partial charge in [-0.15, -0.1) is 6.58 Å². The number of aliphatic hydroxyl groups is 5. The highest BCUT2D eigenvalue weighted by atomic mass is 16.7. The number of nitrogens with zero attached hydrogens (tertiary/aromatic N) is 1. The van der Waals surface area contributed by atoms with Gasteiger partial charge in [0.05, 0.1) is 60.4 Å². The fourth-order valence-corrected chi connectivity index (χ4v) is 9.69. The second kappa shape index (κ2) is 22.2. The van der Waals surface area contributed by atoms with Crippen LogP contribution in [0.2, 0.25) is 0 Å². The number of likely N-dealkylation sites (N-methyl/N-ethyl adjacent to an activating group) is 1. The molecular formula is C44H80N2O14. The number of methoxy groups -OCH3 is 1. The van der Waals surface area contributed by atoms with E-state index in [1.54, 1.807) is 47.6 Å². The minimum absolute atomic E-state index is 0.00234. The molecule has 0 spiro atoms. The fraction of sp³-hybridized carbons (Fsp3) is 0.909. The summed E-state index contributed by atoms with van der Waals surface area (Å²) in [5.41, 5.74) is -4.82. The highest BCUT2D eigenvalue weighted by Gasteiger charge is 2.54. The van der Waals surface area contributed by atoms with E-state index < -0.39 is 108 Å². The van der Waals surface area contributed by atoms with Gasteiger partial charge in [-0.05, 0) is 94.0 Å². The van der Waals surface area contributed by atoms with E-state index in [0.29, 0.717) is 12.8 Å². The van der Waals surface area contributed by atoms with Crippen LogP contribution in [0.3, 0.4) is 0 Å². The number of aliphatic hydroxyl groups excluding tert-OH is 3. The van der Waals surface area contributed by atoms with Gasteiger partial charge < -0.3 is 64.0 Å². The van der Waals surface area contributed by atoms with Gasteiger partial charge in [0.25, 0.3) is 0 Å². The maximum atomic E-state index is 14.5. The molecule has 6 N–H and O–H groups in total. The molecule has 3 rings (SSSR count). The summed E-state index contributed by atoms with van der Waals surface area (Å²) in [6.45, 7) is 23.7. The molecule has 0 bridgehead atoms. The van der Waals surface area contributed by atoms with Crippen LogP contribution in [0.4, 0.5) is 0 Å². The third-order valence-electron chi connectivity index (χ3n) is 13.6. The summed E-state index contributed by atoms with van der Waals surface area (Å²) in [5, 5.41) is 62.5. The summed E-state index contributed by atoms with van der Waals surface area (Å²) in [7, 11) is 3.42. The zero-order chi connectivity index (χ0) is 45.5. The SMILES string of the molecule is C=CC[C@H]1C(O[C@H]2C[C@@](C)(OC)[C@@H](O)[C@H](C)O2)[C@@H](C)C(=O)O[C@H](CC)[C@@](C)(O)[C@H](O)[C@@H](C)[C@@H](OCCNC=O)[C@H](C)C[C@@](C)(O)[C@@H]1O[C@@H]1O[C@H](C)C[C@H](N(C)C(C)C)[C@H]1O. The lowest BCUT2D eigenvalue weighted by Crippen LogP contribution is -2.62. The second-order valence-corrected chi connectivity index (χ2v) is 18.7. The van der Waals surface area contributed by atoms with Gasteiger partial charge in [-0.25, -0.2) is 0 Å². The Morgan fingerprint density at radius 3 is 2.22 bits per heavy atom. The lowest BCUT2D eigenvalue weighted by molar-refractivity contribution is -0.320. The van der Waals surface area contributed by atoms with Crippen molar-refractivity contribution in [1.82, 2.24) is 10.2 Å². The van der Waals surface area contributed by atoms with Gasteiger partial charge in [-0.3, -0.25) is 14.5 Å². The maximum absolute atomic E-state index is 14.5. The van der Waals surface area contributed by atoms with E-state index >= 15 is 0 Å². The third kappa shape index (κ3) is 12.3. The van der Waals surface area contributed by atoms with Crippen molar-refractivity contribution >= 4 is 12.4 Å². The number of carbonyl (C=O) groups excluding carboxylic acids is 2. The van der Waals surface area contributed by atoms with Gasteiger partial charge in [0.2, 0.25) is 6.41 Å². The quantitative estimate of drug-likeness (QED) is 0.0605. The Hall–Kier alpha value is -1.80. The van der Waals surface area contributed by atoms with E-state index in [1.165, 1.54) is 14.0 Å². The van der Waals surface area contributed by atoms with Gasteiger partial charge in [0.1, 0.15) is 23.9 Å². The van der Waals surface area contributed by atoms with Crippen molar-refractivity contribution in [3.8, 4) is 0 Å². The number of hydrogen-bond acceptors (Lipinski definition) is 15. The van der Waals surface area contributed by atoms with Crippen molar-refractivity contribution in [3.05, 3.63) is 12.7 Å². The number of hydrogen-bond donors (Lipinski definition) is 6. The molecule has 0 aromatic heterocycles. The van der Waals surface area contributed by atoms with Crippen LogP contribution < -0.4 is 5.32 Å². The summed E-state index contributed by atoms with van der Waals surface area (Å²) in [5.74, 6) is -4.05. The lowest BCUT2D eigenvalue weighted by Gasteiger charge is -2.50. The average molecular weight is 861 g/mol. The smallest absolute Gasteiger partial charge is 0.311 e. The Labute approximate surface area is 358 Å². The molecule has 3 saturated heterocycles. The van der Waals surface area contributed by atoms with Crippen molar-refractivity contribution in [1.29, 1.82) is 0 Å². The highest BCUT2D eigenvalue weighted by Crippen LogP contribution is 2.43. The highest BCUT2D eigenvalue weighted by molar-refractivity contribution is 5.73. The molecule has 16 heteroatoms. The first-order chi connectivity index (χ1) is 27.9. The second-order valence-electron chi connectivity index (χ2n) is 18.7. The first kappa shape index (κ1) is 52.5. The monoisotopic (exact) mass is 861 g/mol. The van der Waals surface area contributed by atoms with Crippen molar-refractivity contribution < 1.29 is 68.3 Å². The number of nitrogens with one attached hydrogen (secondary N) is 1. The molecule has 16 nitrogen and oxygen atoms in total. The maximum Gasteiger partial charge on any atom is 0.311 e. The van der Waals surface area contributed by atoms with Gasteiger partial charge >= 0.3 is 5.97 Å². The molecule has 0 saturated carbocycles. The van der Waals surface area contributed by atoms with Gasteiger partial charge in [-0.2, -0.15) is 0 Å². The summed E-state index contributed by atoms with van der Waals surface area (Å²) in [6, 6.07) is -0.265. The predicted molar refractivity (Wildman–Crippen MR) is 223 cm³/mol. The van der Waals surface area contributed by atoms with Crippen LogP contribution in [0.25, 0.3) is 0 Å². The summed E-state index contributed by atoms with van der Waals surface area (Å²) in [4.78, 5) is 27.7.